The van der Waals surface area contributed by atoms with Gasteiger partial charge in [0.25, 0.3) is 0 Å². The Morgan fingerprint density at radius 3 is 2.29 bits per heavy atom. The van der Waals surface area contributed by atoms with Gasteiger partial charge in [0.2, 0.25) is 5.52 Å². The van der Waals surface area contributed by atoms with Crippen LogP contribution in [0.3, 0.4) is 0 Å². The summed E-state index contributed by atoms with van der Waals surface area (Å²) in [5.74, 6) is 1.75. The van der Waals surface area contributed by atoms with Gasteiger partial charge in [0.05, 0.1) is 33.8 Å². The molecule has 4 rings (SSSR count). The number of carboxylic acids is 1. The van der Waals surface area contributed by atoms with Gasteiger partial charge in [-0.2, -0.15) is 4.40 Å². The minimum absolute atomic E-state index is 0.0797. The number of hydrogen-bond donors (Lipinski definition) is 0. The van der Waals surface area contributed by atoms with Crippen molar-refractivity contribution in [1.29, 1.82) is 0 Å². The van der Waals surface area contributed by atoms with Gasteiger partial charge in [-0.1, -0.05) is 0 Å². The van der Waals surface area contributed by atoms with E-state index in [9.17, 15) is 9.90 Å². The van der Waals surface area contributed by atoms with E-state index in [1.54, 1.807) is 28.4 Å². The Balaban J connectivity index is 2.02. The number of carbonyl (C=O) groups is 1. The predicted molar refractivity (Wildman–Crippen MR) is 112 cm³/mol. The quantitative estimate of drug-likeness (QED) is 0.426. The lowest BCUT2D eigenvalue weighted by atomic mass is 9.92. The zero-order chi connectivity index (χ0) is 22.1. The molecule has 1 aromatic carbocycles. The second-order valence-electron chi connectivity index (χ2n) is 7.44. The topological polar surface area (TPSA) is 81.2 Å². The lowest BCUT2D eigenvalue weighted by molar-refractivity contribution is -0.520. The normalized spacial score (nSPS) is 13.3. The number of pyridine rings is 2. The number of rotatable bonds is 7. The van der Waals surface area contributed by atoms with E-state index in [1.807, 2.05) is 18.3 Å². The van der Waals surface area contributed by atoms with Gasteiger partial charge in [-0.05, 0) is 29.5 Å². The number of nitrogens with zero attached hydrogens (tertiary/aromatic N) is 1. The number of carboxylic acid groups (broad SMARTS) is 1. The van der Waals surface area contributed by atoms with Gasteiger partial charge in [-0.25, -0.2) is 0 Å². The molecule has 7 heteroatoms. The third kappa shape index (κ3) is 3.60. The molecular weight excluding hydrogens is 398 g/mol. The number of ether oxygens (including phenoxy) is 4. The second-order valence-corrected chi connectivity index (χ2v) is 7.44. The molecule has 7 nitrogen and oxygen atoms in total. The van der Waals surface area contributed by atoms with E-state index in [1.165, 1.54) is 0 Å². The van der Waals surface area contributed by atoms with Crippen LogP contribution in [0.1, 0.15) is 23.2 Å². The first-order valence-electron chi connectivity index (χ1n) is 10.0. The third-order valence-corrected chi connectivity index (χ3v) is 5.89. The van der Waals surface area contributed by atoms with Crippen molar-refractivity contribution in [2.24, 2.45) is 0 Å². The number of hydrogen-bond acceptors (Lipinski definition) is 6. The van der Waals surface area contributed by atoms with E-state index in [4.69, 9.17) is 18.9 Å². The van der Waals surface area contributed by atoms with Crippen molar-refractivity contribution >= 4 is 22.3 Å². The fraction of sp³-hybridized carbons (Fsp3) is 0.333. The summed E-state index contributed by atoms with van der Waals surface area (Å²) in [6.45, 7) is 0. The molecule has 0 saturated heterocycles. The SMILES string of the molecule is COC1=C(OC)Cc2c(cc[n+]3c(CCC(=O)[O-])c4cc(OC)c(OC)cc4cc23)C1. The van der Waals surface area contributed by atoms with E-state index >= 15 is 0 Å². The average Bonchev–Trinajstić information content (AvgIpc) is 2.79. The van der Waals surface area contributed by atoms with Crippen molar-refractivity contribution in [3.05, 3.63) is 58.8 Å². The Morgan fingerprint density at radius 1 is 0.968 bits per heavy atom. The largest absolute Gasteiger partial charge is 0.550 e. The average molecular weight is 423 g/mol. The minimum atomic E-state index is -1.08. The minimum Gasteiger partial charge on any atom is -0.550 e. The van der Waals surface area contributed by atoms with E-state index in [-0.39, 0.29) is 6.42 Å². The highest BCUT2D eigenvalue weighted by molar-refractivity contribution is 5.90. The molecule has 2 aromatic heterocycles. The molecular formula is C24H25NO6. The molecule has 0 radical (unpaired) electrons. The molecule has 0 unspecified atom stereocenters. The zero-order valence-electron chi connectivity index (χ0n) is 18.1. The van der Waals surface area contributed by atoms with Gasteiger partial charge in [-0.15, -0.1) is 0 Å². The zero-order valence-corrected chi connectivity index (χ0v) is 18.1. The number of fused-ring (bicyclic) bond motifs is 4. The summed E-state index contributed by atoms with van der Waals surface area (Å²) in [4.78, 5) is 11.3. The lowest BCUT2D eigenvalue weighted by Gasteiger charge is -2.21. The van der Waals surface area contributed by atoms with Crippen molar-refractivity contribution in [3.8, 4) is 11.5 Å². The number of methoxy groups -OCH3 is 4. The Morgan fingerprint density at radius 2 is 1.65 bits per heavy atom. The molecule has 0 bridgehead atoms. The highest BCUT2D eigenvalue weighted by Gasteiger charge is 2.27. The summed E-state index contributed by atoms with van der Waals surface area (Å²) in [5, 5.41) is 13.1. The molecule has 31 heavy (non-hydrogen) atoms. The monoisotopic (exact) mass is 423 g/mol. The van der Waals surface area contributed by atoms with Crippen LogP contribution in [0, 0.1) is 0 Å². The van der Waals surface area contributed by atoms with Gasteiger partial charge in [0, 0.05) is 42.9 Å². The lowest BCUT2D eigenvalue weighted by Crippen LogP contribution is -2.32. The van der Waals surface area contributed by atoms with Crippen LogP contribution < -0.4 is 19.0 Å². The van der Waals surface area contributed by atoms with Crippen LogP contribution in [0.4, 0.5) is 0 Å². The van der Waals surface area contributed by atoms with Crippen LogP contribution in [-0.2, 0) is 33.5 Å². The maximum absolute atomic E-state index is 11.3. The summed E-state index contributed by atoms with van der Waals surface area (Å²) in [7, 11) is 6.48. The van der Waals surface area contributed by atoms with E-state index in [0.717, 1.165) is 44.6 Å². The van der Waals surface area contributed by atoms with Gasteiger partial charge in [-0.3, -0.25) is 0 Å². The summed E-state index contributed by atoms with van der Waals surface area (Å²) in [5.41, 5.74) is 4.16. The van der Waals surface area contributed by atoms with Gasteiger partial charge < -0.3 is 28.8 Å². The molecule has 0 spiro atoms. The van der Waals surface area contributed by atoms with Crippen molar-refractivity contribution in [1.82, 2.24) is 0 Å². The van der Waals surface area contributed by atoms with Crippen molar-refractivity contribution < 1.29 is 33.2 Å². The molecule has 0 atom stereocenters. The maximum atomic E-state index is 11.3. The summed E-state index contributed by atoms with van der Waals surface area (Å²) in [6, 6.07) is 7.98. The number of aromatic nitrogens is 1. The molecule has 0 fully saturated rings. The summed E-state index contributed by atoms with van der Waals surface area (Å²) < 4.78 is 24.1. The highest BCUT2D eigenvalue weighted by atomic mass is 16.5. The fourth-order valence-corrected chi connectivity index (χ4v) is 4.34. The molecule has 3 aromatic rings. The maximum Gasteiger partial charge on any atom is 0.215 e. The molecule has 0 saturated carbocycles. The standard InChI is InChI=1S/C24H25NO6/c1-28-20-10-14-7-8-25-18(5-6-24(26)27)17-13-23(31-4)21(29-2)11-15(17)9-19(25)16(14)12-22(20)30-3/h7-9,11,13H,5-6,10,12H2,1-4H3. The van der Waals surface area contributed by atoms with Crippen LogP contribution >= 0.6 is 0 Å². The Bertz CT molecular complexity index is 1210. The van der Waals surface area contributed by atoms with Crippen LogP contribution in [-0.4, -0.2) is 34.4 Å². The first-order valence-corrected chi connectivity index (χ1v) is 10.0. The van der Waals surface area contributed by atoms with Crippen molar-refractivity contribution in [2.45, 2.75) is 25.7 Å². The summed E-state index contributed by atoms with van der Waals surface area (Å²) >= 11 is 0. The van der Waals surface area contributed by atoms with Crippen molar-refractivity contribution in [3.63, 3.8) is 0 Å². The fourth-order valence-electron chi connectivity index (χ4n) is 4.34. The molecule has 162 valence electrons. The highest BCUT2D eigenvalue weighted by Crippen LogP contribution is 2.35. The number of carbonyl (C=O) groups excluding carboxylic acids is 1. The molecule has 2 heterocycles. The number of allylic oxidation sites excluding steroid dienone is 2. The van der Waals surface area contributed by atoms with E-state index in [2.05, 4.69) is 16.5 Å². The van der Waals surface area contributed by atoms with Gasteiger partial charge in [0.1, 0.15) is 11.5 Å². The van der Waals surface area contributed by atoms with Gasteiger partial charge >= 0.3 is 0 Å². The second kappa shape index (κ2) is 8.34. The Kier molecular flexibility index (Phi) is 5.59. The van der Waals surface area contributed by atoms with Gasteiger partial charge in [0.15, 0.2) is 23.4 Å². The van der Waals surface area contributed by atoms with Crippen LogP contribution in [0.5, 0.6) is 11.5 Å². The molecule has 0 amide bonds. The summed E-state index contributed by atoms with van der Waals surface area (Å²) in [6.07, 6.45) is 3.47. The van der Waals surface area contributed by atoms with Crippen molar-refractivity contribution in [2.75, 3.05) is 28.4 Å². The van der Waals surface area contributed by atoms with E-state index < -0.39 is 5.97 Å². The molecule has 1 aliphatic carbocycles. The first kappa shape index (κ1) is 20.8. The molecule has 0 aliphatic heterocycles. The van der Waals surface area contributed by atoms with Crippen LogP contribution in [0.25, 0.3) is 16.3 Å². The van der Waals surface area contributed by atoms with Crippen LogP contribution in [0.2, 0.25) is 0 Å². The van der Waals surface area contributed by atoms with E-state index in [0.29, 0.717) is 30.8 Å². The predicted octanol–water partition coefficient (Wildman–Crippen LogP) is 1.88. The molecule has 1 aliphatic rings. The first-order chi connectivity index (χ1) is 15.0. The Hall–Kier alpha value is -3.48. The third-order valence-electron chi connectivity index (χ3n) is 5.89. The van der Waals surface area contributed by atoms with Crippen LogP contribution in [0.15, 0.2) is 42.0 Å². The molecule has 0 N–H and O–H groups in total. The number of aryl methyl sites for hydroxylation is 1. The number of aliphatic carboxylic acids is 1. The smallest absolute Gasteiger partial charge is 0.215 e. The number of benzene rings is 1. The Labute approximate surface area is 180 Å².